The first-order valence-corrected chi connectivity index (χ1v) is 8.05. The van der Waals surface area contributed by atoms with Gasteiger partial charge >= 0.3 is 5.97 Å². The average Bonchev–Trinajstić information content (AvgIpc) is 3.09. The molecule has 6 heteroatoms. The first-order chi connectivity index (χ1) is 11.6. The number of nitrogens with zero attached hydrogens (tertiary/aromatic N) is 1. The van der Waals surface area contributed by atoms with Crippen LogP contribution in [0.25, 0.3) is 6.08 Å². The molecule has 0 bridgehead atoms. The number of aliphatic carboxylic acids is 1. The van der Waals surface area contributed by atoms with Crippen LogP contribution in [0.2, 0.25) is 0 Å². The van der Waals surface area contributed by atoms with Gasteiger partial charge < -0.3 is 19.5 Å². The van der Waals surface area contributed by atoms with Gasteiger partial charge in [-0.25, -0.2) is 4.79 Å². The second-order valence-corrected chi connectivity index (χ2v) is 6.03. The molecule has 24 heavy (non-hydrogen) atoms. The first-order valence-electron chi connectivity index (χ1n) is 8.05. The van der Waals surface area contributed by atoms with Gasteiger partial charge in [0.1, 0.15) is 17.5 Å². The highest BCUT2D eigenvalue weighted by Crippen LogP contribution is 2.38. The zero-order valence-electron chi connectivity index (χ0n) is 13.9. The lowest BCUT2D eigenvalue weighted by Crippen LogP contribution is -2.41. The standard InChI is InChI=1S/C18H21NO5/c1-23-15-7-8-16(24-2)13-10-11(5-6-12(13)15)17(20)19-9-3-4-14(19)18(21)22/h7-8,10,14H,3-6,9H2,1-2H3,(H,21,22)/t14-/m0/s1. The molecule has 2 aliphatic rings. The van der Waals surface area contributed by atoms with E-state index in [1.165, 1.54) is 4.90 Å². The molecule has 6 nitrogen and oxygen atoms in total. The number of rotatable bonds is 4. The highest BCUT2D eigenvalue weighted by Gasteiger charge is 2.36. The summed E-state index contributed by atoms with van der Waals surface area (Å²) in [5.41, 5.74) is 2.49. The number of fused-ring (bicyclic) bond motifs is 1. The molecule has 1 atom stereocenters. The molecule has 1 aromatic carbocycles. The molecule has 128 valence electrons. The lowest BCUT2D eigenvalue weighted by atomic mass is 9.90. The Morgan fingerprint density at radius 2 is 1.88 bits per heavy atom. The van der Waals surface area contributed by atoms with Gasteiger partial charge in [0, 0.05) is 23.2 Å². The fourth-order valence-electron chi connectivity index (χ4n) is 3.53. The van der Waals surface area contributed by atoms with Crippen LogP contribution in [0.1, 0.15) is 30.4 Å². The number of ether oxygens (including phenoxy) is 2. The van der Waals surface area contributed by atoms with Crippen molar-refractivity contribution in [3.63, 3.8) is 0 Å². The molecule has 1 aliphatic carbocycles. The van der Waals surface area contributed by atoms with E-state index in [1.54, 1.807) is 14.2 Å². The molecule has 1 heterocycles. The monoisotopic (exact) mass is 331 g/mol. The van der Waals surface area contributed by atoms with Crippen molar-refractivity contribution in [1.29, 1.82) is 0 Å². The molecule has 1 fully saturated rings. The number of likely N-dealkylation sites (tertiary alicyclic amines) is 1. The van der Waals surface area contributed by atoms with E-state index in [1.807, 2.05) is 18.2 Å². The van der Waals surface area contributed by atoms with Crippen molar-refractivity contribution < 1.29 is 24.2 Å². The molecule has 0 saturated carbocycles. The van der Waals surface area contributed by atoms with Gasteiger partial charge in [0.05, 0.1) is 14.2 Å². The predicted molar refractivity (Wildman–Crippen MR) is 88.2 cm³/mol. The largest absolute Gasteiger partial charge is 0.496 e. The predicted octanol–water partition coefficient (Wildman–Crippen LogP) is 2.11. The second-order valence-electron chi connectivity index (χ2n) is 6.03. The summed E-state index contributed by atoms with van der Waals surface area (Å²) in [5, 5.41) is 9.29. The van der Waals surface area contributed by atoms with Crippen molar-refractivity contribution in [2.45, 2.75) is 31.7 Å². The van der Waals surface area contributed by atoms with E-state index in [0.717, 1.165) is 23.3 Å². The topological polar surface area (TPSA) is 76.1 Å². The van der Waals surface area contributed by atoms with Crippen molar-refractivity contribution in [3.05, 3.63) is 28.8 Å². The Balaban J connectivity index is 1.95. The molecule has 0 radical (unpaired) electrons. The summed E-state index contributed by atoms with van der Waals surface area (Å²) in [6.07, 6.45) is 4.29. The van der Waals surface area contributed by atoms with Gasteiger partial charge in [-0.1, -0.05) is 0 Å². The molecular formula is C18H21NO5. The lowest BCUT2D eigenvalue weighted by Gasteiger charge is -2.26. The number of hydrogen-bond donors (Lipinski definition) is 1. The Bertz CT molecular complexity index is 710. The van der Waals surface area contributed by atoms with Gasteiger partial charge in [0.2, 0.25) is 0 Å². The normalized spacial score (nSPS) is 19.5. The van der Waals surface area contributed by atoms with Crippen molar-refractivity contribution in [2.75, 3.05) is 20.8 Å². The zero-order chi connectivity index (χ0) is 17.3. The van der Waals surface area contributed by atoms with E-state index in [9.17, 15) is 14.7 Å². The molecule has 0 spiro atoms. The minimum absolute atomic E-state index is 0.185. The molecular weight excluding hydrogens is 310 g/mol. The Morgan fingerprint density at radius 1 is 1.17 bits per heavy atom. The van der Waals surface area contributed by atoms with Gasteiger partial charge in [0.25, 0.3) is 5.91 Å². The molecule has 1 aromatic rings. The molecule has 0 unspecified atom stereocenters. The van der Waals surface area contributed by atoms with Gasteiger partial charge in [-0.3, -0.25) is 4.79 Å². The van der Waals surface area contributed by atoms with Crippen LogP contribution in [0, 0.1) is 0 Å². The van der Waals surface area contributed by atoms with Gasteiger partial charge in [-0.15, -0.1) is 0 Å². The first kappa shape index (κ1) is 16.4. The number of methoxy groups -OCH3 is 2. The Labute approximate surface area is 140 Å². The summed E-state index contributed by atoms with van der Waals surface area (Å²) in [7, 11) is 3.21. The summed E-state index contributed by atoms with van der Waals surface area (Å²) >= 11 is 0. The maximum absolute atomic E-state index is 12.8. The van der Waals surface area contributed by atoms with Crippen LogP contribution in [0.3, 0.4) is 0 Å². The fraction of sp³-hybridized carbons (Fsp3) is 0.444. The number of carbonyl (C=O) groups is 2. The van der Waals surface area contributed by atoms with E-state index in [2.05, 4.69) is 0 Å². The van der Waals surface area contributed by atoms with Crippen LogP contribution >= 0.6 is 0 Å². The summed E-state index contributed by atoms with van der Waals surface area (Å²) in [4.78, 5) is 25.6. The zero-order valence-corrected chi connectivity index (χ0v) is 13.9. The number of carbonyl (C=O) groups excluding carboxylic acids is 1. The Hall–Kier alpha value is -2.50. The van der Waals surface area contributed by atoms with E-state index in [-0.39, 0.29) is 5.91 Å². The number of benzene rings is 1. The summed E-state index contributed by atoms with van der Waals surface area (Å²) < 4.78 is 10.8. The molecule has 1 aliphatic heterocycles. The van der Waals surface area contributed by atoms with Crippen LogP contribution < -0.4 is 9.47 Å². The Morgan fingerprint density at radius 3 is 2.54 bits per heavy atom. The van der Waals surface area contributed by atoms with Crippen molar-refractivity contribution in [2.24, 2.45) is 0 Å². The maximum Gasteiger partial charge on any atom is 0.326 e. The minimum Gasteiger partial charge on any atom is -0.496 e. The van der Waals surface area contributed by atoms with Crippen LogP contribution in [0.15, 0.2) is 17.7 Å². The third-order valence-electron chi connectivity index (χ3n) is 4.75. The molecule has 1 N–H and O–H groups in total. The van der Waals surface area contributed by atoms with Crippen LogP contribution in [-0.2, 0) is 16.0 Å². The van der Waals surface area contributed by atoms with Crippen molar-refractivity contribution in [3.8, 4) is 11.5 Å². The van der Waals surface area contributed by atoms with Crippen molar-refractivity contribution in [1.82, 2.24) is 4.90 Å². The number of carboxylic acid groups (broad SMARTS) is 1. The summed E-state index contributed by atoms with van der Waals surface area (Å²) in [6.45, 7) is 0.495. The van der Waals surface area contributed by atoms with E-state index in [0.29, 0.717) is 37.1 Å². The maximum atomic E-state index is 12.8. The number of carboxylic acids is 1. The van der Waals surface area contributed by atoms with Gasteiger partial charge in [0.15, 0.2) is 0 Å². The van der Waals surface area contributed by atoms with E-state index >= 15 is 0 Å². The Kier molecular flexibility index (Phi) is 4.46. The van der Waals surface area contributed by atoms with Crippen molar-refractivity contribution >= 4 is 18.0 Å². The minimum atomic E-state index is -0.933. The van der Waals surface area contributed by atoms with Crippen LogP contribution in [0.4, 0.5) is 0 Å². The number of hydrogen-bond acceptors (Lipinski definition) is 4. The molecule has 1 saturated heterocycles. The lowest BCUT2D eigenvalue weighted by molar-refractivity contribution is -0.146. The summed E-state index contributed by atoms with van der Waals surface area (Å²) in [5.74, 6) is 0.345. The smallest absolute Gasteiger partial charge is 0.326 e. The van der Waals surface area contributed by atoms with Crippen LogP contribution in [-0.4, -0.2) is 48.7 Å². The summed E-state index contributed by atoms with van der Waals surface area (Å²) in [6, 6.07) is 2.96. The molecule has 0 aromatic heterocycles. The highest BCUT2D eigenvalue weighted by atomic mass is 16.5. The van der Waals surface area contributed by atoms with E-state index in [4.69, 9.17) is 9.47 Å². The van der Waals surface area contributed by atoms with Gasteiger partial charge in [-0.05, 0) is 43.9 Å². The fourth-order valence-corrected chi connectivity index (χ4v) is 3.53. The second kappa shape index (κ2) is 6.55. The third kappa shape index (κ3) is 2.72. The third-order valence-corrected chi connectivity index (χ3v) is 4.75. The van der Waals surface area contributed by atoms with Gasteiger partial charge in [-0.2, -0.15) is 0 Å². The molecule has 3 rings (SSSR count). The van der Waals surface area contributed by atoms with E-state index < -0.39 is 12.0 Å². The quantitative estimate of drug-likeness (QED) is 0.914. The highest BCUT2D eigenvalue weighted by molar-refractivity contribution is 6.01. The van der Waals surface area contributed by atoms with Crippen LogP contribution in [0.5, 0.6) is 11.5 Å². The average molecular weight is 331 g/mol. The molecule has 1 amide bonds. The SMILES string of the molecule is COc1ccc(OC)c2c1C=C(C(=O)N1CCC[C@H]1C(=O)O)CC2. The number of amides is 1.